The van der Waals surface area contributed by atoms with Crippen molar-refractivity contribution in [1.29, 1.82) is 0 Å². The van der Waals surface area contributed by atoms with Crippen molar-refractivity contribution >= 4 is 17.8 Å². The van der Waals surface area contributed by atoms with Crippen molar-refractivity contribution in [2.75, 3.05) is 13.7 Å². The van der Waals surface area contributed by atoms with Crippen molar-refractivity contribution in [3.8, 4) is 5.75 Å². The van der Waals surface area contributed by atoms with Gasteiger partial charge in [-0.15, -0.1) is 0 Å². The Morgan fingerprint density at radius 3 is 2.58 bits per heavy atom. The van der Waals surface area contributed by atoms with E-state index in [9.17, 15) is 14.7 Å². The summed E-state index contributed by atoms with van der Waals surface area (Å²) in [7, 11) is 1.57. The minimum atomic E-state index is -0.860. The van der Waals surface area contributed by atoms with E-state index in [1.165, 1.54) is 6.08 Å². The Labute approximate surface area is 109 Å². The van der Waals surface area contributed by atoms with E-state index in [1.54, 1.807) is 37.5 Å². The Balaban J connectivity index is 2.10. The van der Waals surface area contributed by atoms with Crippen molar-refractivity contribution < 1.29 is 24.2 Å². The van der Waals surface area contributed by atoms with Gasteiger partial charge in [-0.1, -0.05) is 18.2 Å². The minimum Gasteiger partial charge on any atom is -0.501 e. The number of methoxy groups -OCH3 is 1. The zero-order chi connectivity index (χ0) is 13.8. The molecule has 0 atom stereocenters. The highest BCUT2D eigenvalue weighted by Gasteiger charge is 2.27. The van der Waals surface area contributed by atoms with Crippen LogP contribution in [0.15, 0.2) is 41.7 Å². The fourth-order valence-corrected chi connectivity index (χ4v) is 1.57. The zero-order valence-corrected chi connectivity index (χ0v) is 10.3. The quantitative estimate of drug-likeness (QED) is 0.658. The van der Waals surface area contributed by atoms with Crippen LogP contribution in [-0.2, 0) is 14.3 Å². The molecule has 0 spiro atoms. The molecule has 2 rings (SSSR count). The number of ether oxygens (including phenoxy) is 2. The molecule has 5 nitrogen and oxygen atoms in total. The molecule has 1 N–H and O–H groups in total. The summed E-state index contributed by atoms with van der Waals surface area (Å²) < 4.78 is 9.56. The first-order valence-corrected chi connectivity index (χ1v) is 5.57. The van der Waals surface area contributed by atoms with Gasteiger partial charge in [0.15, 0.2) is 5.78 Å². The summed E-state index contributed by atoms with van der Waals surface area (Å²) in [6, 6.07) is 7.10. The summed E-state index contributed by atoms with van der Waals surface area (Å²) in [5.74, 6) is -1.19. The monoisotopic (exact) mass is 260 g/mol. The number of benzene rings is 1. The lowest BCUT2D eigenvalue weighted by atomic mass is 10.1. The summed E-state index contributed by atoms with van der Waals surface area (Å²) in [6.45, 7) is -0.184. The molecule has 0 bridgehead atoms. The second-order valence-electron chi connectivity index (χ2n) is 3.87. The number of ketones is 1. The molecule has 1 aromatic carbocycles. The van der Waals surface area contributed by atoms with Crippen LogP contribution in [0, 0.1) is 0 Å². The van der Waals surface area contributed by atoms with Crippen LogP contribution in [0.3, 0.4) is 0 Å². The van der Waals surface area contributed by atoms with Gasteiger partial charge in [0.2, 0.25) is 5.76 Å². The van der Waals surface area contributed by atoms with Crippen LogP contribution in [0.1, 0.15) is 5.56 Å². The van der Waals surface area contributed by atoms with Crippen LogP contribution >= 0.6 is 0 Å². The van der Waals surface area contributed by atoms with Crippen LogP contribution in [0.2, 0.25) is 0 Å². The van der Waals surface area contributed by atoms with E-state index in [0.29, 0.717) is 0 Å². The van der Waals surface area contributed by atoms with E-state index in [0.717, 1.165) is 11.3 Å². The Morgan fingerprint density at radius 1 is 1.37 bits per heavy atom. The highest BCUT2D eigenvalue weighted by molar-refractivity contribution is 6.12. The molecule has 1 aliphatic rings. The van der Waals surface area contributed by atoms with E-state index in [4.69, 9.17) is 4.74 Å². The lowest BCUT2D eigenvalue weighted by Crippen LogP contribution is -2.02. The lowest BCUT2D eigenvalue weighted by Gasteiger charge is -1.99. The Kier molecular flexibility index (Phi) is 3.66. The Bertz CT molecular complexity index is 566. The third-order valence-electron chi connectivity index (χ3n) is 2.67. The maximum atomic E-state index is 11.7. The van der Waals surface area contributed by atoms with Gasteiger partial charge in [0.1, 0.15) is 12.4 Å². The van der Waals surface area contributed by atoms with Gasteiger partial charge in [-0.3, -0.25) is 4.79 Å². The van der Waals surface area contributed by atoms with E-state index in [-0.39, 0.29) is 12.2 Å². The topological polar surface area (TPSA) is 72.8 Å². The van der Waals surface area contributed by atoms with Gasteiger partial charge >= 0.3 is 5.97 Å². The fourth-order valence-electron chi connectivity index (χ4n) is 1.57. The molecule has 0 radical (unpaired) electrons. The first kappa shape index (κ1) is 12.9. The maximum absolute atomic E-state index is 11.7. The highest BCUT2D eigenvalue weighted by atomic mass is 16.6. The molecular formula is C14H12O5. The molecule has 0 aliphatic carbocycles. The second-order valence-corrected chi connectivity index (χ2v) is 3.87. The Morgan fingerprint density at radius 2 is 2.05 bits per heavy atom. The molecule has 98 valence electrons. The van der Waals surface area contributed by atoms with E-state index < -0.39 is 17.5 Å². The molecule has 1 aromatic rings. The van der Waals surface area contributed by atoms with Crippen LogP contribution in [0.5, 0.6) is 5.75 Å². The number of aliphatic hydroxyl groups is 1. The Hall–Kier alpha value is -2.56. The minimum absolute atomic E-state index is 0.0187. The predicted molar refractivity (Wildman–Crippen MR) is 67.6 cm³/mol. The van der Waals surface area contributed by atoms with Gasteiger partial charge < -0.3 is 14.6 Å². The smallest absolute Gasteiger partial charge is 0.374 e. The average molecular weight is 260 g/mol. The molecule has 19 heavy (non-hydrogen) atoms. The van der Waals surface area contributed by atoms with E-state index >= 15 is 0 Å². The number of hydrogen-bond acceptors (Lipinski definition) is 5. The SMILES string of the molecule is COc1ccc(/C=C/C(=O)C2=C(O)C(=O)OC2)cc1. The normalized spacial score (nSPS) is 14.9. The summed E-state index contributed by atoms with van der Waals surface area (Å²) >= 11 is 0. The third kappa shape index (κ3) is 2.82. The van der Waals surface area contributed by atoms with Gasteiger partial charge in [0, 0.05) is 0 Å². The lowest BCUT2D eigenvalue weighted by molar-refractivity contribution is -0.138. The van der Waals surface area contributed by atoms with Gasteiger partial charge in [-0.25, -0.2) is 4.79 Å². The van der Waals surface area contributed by atoms with Crippen LogP contribution in [-0.4, -0.2) is 30.6 Å². The second kappa shape index (κ2) is 5.39. The van der Waals surface area contributed by atoms with Crippen molar-refractivity contribution in [1.82, 2.24) is 0 Å². The van der Waals surface area contributed by atoms with Crippen LogP contribution in [0.25, 0.3) is 6.08 Å². The maximum Gasteiger partial charge on any atom is 0.374 e. The number of hydrogen-bond donors (Lipinski definition) is 1. The molecule has 1 heterocycles. The molecule has 0 saturated heterocycles. The molecule has 0 aromatic heterocycles. The van der Waals surface area contributed by atoms with Crippen molar-refractivity contribution in [2.24, 2.45) is 0 Å². The zero-order valence-electron chi connectivity index (χ0n) is 10.3. The summed E-state index contributed by atoms with van der Waals surface area (Å²) in [5, 5.41) is 9.33. The number of carbonyl (C=O) groups is 2. The number of esters is 1. The third-order valence-corrected chi connectivity index (χ3v) is 2.67. The molecule has 0 amide bonds. The summed E-state index contributed by atoms with van der Waals surface area (Å²) in [6.07, 6.45) is 2.88. The van der Waals surface area contributed by atoms with Gasteiger partial charge in [0.05, 0.1) is 12.7 Å². The summed E-state index contributed by atoms with van der Waals surface area (Å²) in [5.41, 5.74) is 0.786. The first-order chi connectivity index (χ1) is 9.11. The molecule has 0 saturated carbocycles. The molecule has 0 unspecified atom stereocenters. The van der Waals surface area contributed by atoms with Crippen molar-refractivity contribution in [3.05, 3.63) is 47.2 Å². The standard InChI is InChI=1S/C14H12O5/c1-18-10-5-2-9(3-6-10)4-7-12(15)11-8-19-14(17)13(11)16/h2-7,16H,8H2,1H3/b7-4+. The van der Waals surface area contributed by atoms with Crippen molar-refractivity contribution in [3.63, 3.8) is 0 Å². The summed E-state index contributed by atoms with van der Waals surface area (Å²) in [4.78, 5) is 22.6. The molecular weight excluding hydrogens is 248 g/mol. The molecule has 5 heteroatoms. The highest BCUT2D eigenvalue weighted by Crippen LogP contribution is 2.16. The number of allylic oxidation sites excluding steroid dienone is 1. The van der Waals surface area contributed by atoms with Crippen molar-refractivity contribution in [2.45, 2.75) is 0 Å². The molecule has 1 aliphatic heterocycles. The predicted octanol–water partition coefficient (Wildman–Crippen LogP) is 1.65. The van der Waals surface area contributed by atoms with Gasteiger partial charge in [0.25, 0.3) is 0 Å². The largest absolute Gasteiger partial charge is 0.501 e. The molecule has 0 fully saturated rings. The van der Waals surface area contributed by atoms with Crippen LogP contribution < -0.4 is 4.74 Å². The number of aliphatic hydroxyl groups excluding tert-OH is 1. The van der Waals surface area contributed by atoms with E-state index in [2.05, 4.69) is 4.74 Å². The number of cyclic esters (lactones) is 1. The fraction of sp³-hybridized carbons (Fsp3) is 0.143. The number of rotatable bonds is 4. The van der Waals surface area contributed by atoms with Crippen LogP contribution in [0.4, 0.5) is 0 Å². The van der Waals surface area contributed by atoms with Gasteiger partial charge in [-0.2, -0.15) is 0 Å². The average Bonchev–Trinajstić information content (AvgIpc) is 2.77. The van der Waals surface area contributed by atoms with E-state index in [1.807, 2.05) is 0 Å². The number of carbonyl (C=O) groups excluding carboxylic acids is 2. The first-order valence-electron chi connectivity index (χ1n) is 5.57. The van der Waals surface area contributed by atoms with Gasteiger partial charge in [-0.05, 0) is 23.8 Å².